The first-order valence-electron chi connectivity index (χ1n) is 10.5. The van der Waals surface area contributed by atoms with Gasteiger partial charge in [0, 0.05) is 5.54 Å². The molecule has 0 aliphatic heterocycles. The molecule has 0 radical (unpaired) electrons. The lowest BCUT2D eigenvalue weighted by molar-refractivity contribution is 0.0582. The summed E-state index contributed by atoms with van der Waals surface area (Å²) in [5.74, 6) is -0.709. The van der Waals surface area contributed by atoms with Gasteiger partial charge in [-0.3, -0.25) is 14.3 Å². The van der Waals surface area contributed by atoms with Crippen molar-refractivity contribution in [1.82, 2.24) is 14.5 Å². The molecule has 0 bridgehead atoms. The van der Waals surface area contributed by atoms with Gasteiger partial charge in [-0.25, -0.2) is 14.2 Å². The fourth-order valence-electron chi connectivity index (χ4n) is 4.17. The summed E-state index contributed by atoms with van der Waals surface area (Å²) in [5, 5.41) is 19.4. The van der Waals surface area contributed by atoms with E-state index in [0.29, 0.717) is 11.3 Å². The highest BCUT2D eigenvalue weighted by Gasteiger charge is 2.45. The van der Waals surface area contributed by atoms with Crippen LogP contribution in [0.1, 0.15) is 51.0 Å². The highest BCUT2D eigenvalue weighted by molar-refractivity contribution is 6.35. The number of amides is 1. The fourth-order valence-corrected chi connectivity index (χ4v) is 4.40. The molecular weight excluding hydrogens is 447 g/mol. The van der Waals surface area contributed by atoms with Crippen LogP contribution in [0.4, 0.5) is 9.18 Å². The normalized spacial score (nSPS) is 14.7. The molecule has 1 N–H and O–H groups in total. The number of aromatic nitrogens is 2. The number of hydrogen-bond donors (Lipinski definition) is 1. The van der Waals surface area contributed by atoms with E-state index in [9.17, 15) is 24.3 Å². The molecule has 1 fully saturated rings. The number of carboxylic acid groups (broad SMARTS) is 1. The maximum Gasteiger partial charge on any atom is 0.408 e. The number of halogens is 2. The summed E-state index contributed by atoms with van der Waals surface area (Å²) in [5.41, 5.74) is -1.02. The molecule has 1 heterocycles. The van der Waals surface area contributed by atoms with Gasteiger partial charge in [-0.05, 0) is 69.9 Å². The van der Waals surface area contributed by atoms with Crippen molar-refractivity contribution >= 4 is 28.6 Å². The largest absolute Gasteiger partial charge is 0.465 e. The molecule has 33 heavy (non-hydrogen) atoms. The van der Waals surface area contributed by atoms with Crippen LogP contribution in [-0.2, 0) is 0 Å². The average molecular weight is 469 g/mol. The maximum absolute atomic E-state index is 14.8. The smallest absolute Gasteiger partial charge is 0.408 e. The number of carbonyl (C=O) groups is 1. The molecule has 7 nitrogen and oxygen atoms in total. The van der Waals surface area contributed by atoms with E-state index in [4.69, 9.17) is 11.6 Å². The summed E-state index contributed by atoms with van der Waals surface area (Å²) in [6.45, 7) is 5.27. The van der Waals surface area contributed by atoms with E-state index in [-0.39, 0.29) is 27.7 Å². The lowest BCUT2D eigenvalue weighted by atomic mass is 9.99. The van der Waals surface area contributed by atoms with Gasteiger partial charge in [-0.15, -0.1) is 0 Å². The first-order valence-corrected chi connectivity index (χ1v) is 10.9. The third-order valence-corrected chi connectivity index (χ3v) is 6.04. The molecule has 0 saturated heterocycles. The zero-order chi connectivity index (χ0) is 24.1. The molecule has 3 aromatic rings. The Kier molecular flexibility index (Phi) is 5.62. The van der Waals surface area contributed by atoms with E-state index >= 15 is 0 Å². The van der Waals surface area contributed by atoms with Crippen LogP contribution < -0.4 is 5.56 Å². The Balaban J connectivity index is 2.14. The Morgan fingerprint density at radius 1 is 1.33 bits per heavy atom. The number of fused-ring (bicyclic) bond motifs is 1. The van der Waals surface area contributed by atoms with E-state index in [2.05, 4.69) is 4.98 Å². The van der Waals surface area contributed by atoms with Gasteiger partial charge < -0.3 is 5.11 Å². The van der Waals surface area contributed by atoms with Crippen LogP contribution in [0, 0.1) is 23.1 Å². The number of rotatable bonds is 4. The summed E-state index contributed by atoms with van der Waals surface area (Å²) in [6.07, 6.45) is 0.321. The summed E-state index contributed by atoms with van der Waals surface area (Å²) in [6, 6.07) is 10.00. The minimum absolute atomic E-state index is 0.0366. The molecular formula is C24H22ClFN4O3. The van der Waals surface area contributed by atoms with Gasteiger partial charge in [0.2, 0.25) is 0 Å². The highest BCUT2D eigenvalue weighted by atomic mass is 35.5. The molecule has 1 aliphatic carbocycles. The van der Waals surface area contributed by atoms with Crippen molar-refractivity contribution < 1.29 is 14.3 Å². The number of nitrogens with zero attached hydrogens (tertiary/aromatic N) is 4. The number of benzene rings is 2. The molecule has 4 rings (SSSR count). The molecule has 1 saturated carbocycles. The lowest BCUT2D eigenvalue weighted by Gasteiger charge is -2.40. The monoisotopic (exact) mass is 468 g/mol. The minimum atomic E-state index is -1.17. The standard InChI is InChI=1S/C24H22ClFN4O3/c1-24(2,3)30(23(32)33)20(14-7-8-14)21-28-19-17(26)10-9-16(25)18(19)22(31)29(21)15-6-4-5-13(11-15)12-27/h4-6,9-11,14,20H,7-8H2,1-3H3,(H,32,33). The average Bonchev–Trinajstić information content (AvgIpc) is 3.58. The van der Waals surface area contributed by atoms with Crippen LogP contribution in [0.25, 0.3) is 16.6 Å². The molecule has 1 unspecified atom stereocenters. The predicted octanol–water partition coefficient (Wildman–Crippen LogP) is 5.28. The van der Waals surface area contributed by atoms with Crippen LogP contribution in [0.3, 0.4) is 0 Å². The topological polar surface area (TPSA) is 99.2 Å². The quantitative estimate of drug-likeness (QED) is 0.561. The molecule has 2 aromatic carbocycles. The van der Waals surface area contributed by atoms with Crippen molar-refractivity contribution in [2.24, 2.45) is 5.92 Å². The van der Waals surface area contributed by atoms with Crippen molar-refractivity contribution in [2.45, 2.75) is 45.2 Å². The van der Waals surface area contributed by atoms with Crippen LogP contribution in [0.2, 0.25) is 5.02 Å². The summed E-state index contributed by atoms with van der Waals surface area (Å²) < 4.78 is 16.1. The first kappa shape index (κ1) is 22.7. The predicted molar refractivity (Wildman–Crippen MR) is 122 cm³/mol. The highest BCUT2D eigenvalue weighted by Crippen LogP contribution is 2.47. The van der Waals surface area contributed by atoms with Gasteiger partial charge in [0.25, 0.3) is 5.56 Å². The van der Waals surface area contributed by atoms with Crippen molar-refractivity contribution in [3.8, 4) is 11.8 Å². The second-order valence-corrected chi connectivity index (χ2v) is 9.54. The molecule has 1 aromatic heterocycles. The lowest BCUT2D eigenvalue weighted by Crippen LogP contribution is -2.49. The van der Waals surface area contributed by atoms with Crippen molar-refractivity contribution in [1.29, 1.82) is 5.26 Å². The zero-order valence-electron chi connectivity index (χ0n) is 18.3. The summed E-state index contributed by atoms with van der Waals surface area (Å²) in [4.78, 5) is 31.9. The van der Waals surface area contributed by atoms with Gasteiger partial charge in [0.05, 0.1) is 33.8 Å². The van der Waals surface area contributed by atoms with Crippen LogP contribution in [-0.4, -0.2) is 31.2 Å². The Bertz CT molecular complexity index is 1370. The van der Waals surface area contributed by atoms with E-state index in [1.165, 1.54) is 21.6 Å². The van der Waals surface area contributed by atoms with Crippen molar-refractivity contribution in [2.75, 3.05) is 0 Å². The summed E-state index contributed by atoms with van der Waals surface area (Å²) in [7, 11) is 0. The zero-order valence-corrected chi connectivity index (χ0v) is 19.1. The van der Waals surface area contributed by atoms with Crippen molar-refractivity contribution in [3.05, 3.63) is 69.0 Å². The fraction of sp³-hybridized carbons (Fsp3) is 0.333. The van der Waals surface area contributed by atoms with Gasteiger partial charge in [0.15, 0.2) is 0 Å². The van der Waals surface area contributed by atoms with Gasteiger partial charge >= 0.3 is 6.09 Å². The summed E-state index contributed by atoms with van der Waals surface area (Å²) >= 11 is 6.27. The third kappa shape index (κ3) is 4.05. The molecule has 1 aliphatic rings. The maximum atomic E-state index is 14.8. The van der Waals surface area contributed by atoms with E-state index in [1.54, 1.807) is 39.0 Å². The SMILES string of the molecule is CC(C)(C)N(C(=O)O)C(c1nc2c(F)ccc(Cl)c2c(=O)n1-c1cccc(C#N)c1)C1CC1. The van der Waals surface area contributed by atoms with Crippen molar-refractivity contribution in [3.63, 3.8) is 0 Å². The number of nitriles is 1. The first-order chi connectivity index (χ1) is 15.5. The molecule has 1 atom stereocenters. The molecule has 1 amide bonds. The Labute approximate surface area is 194 Å². The molecule has 9 heteroatoms. The van der Waals surface area contributed by atoms with E-state index in [1.807, 2.05) is 6.07 Å². The van der Waals surface area contributed by atoms with E-state index in [0.717, 1.165) is 18.9 Å². The second kappa shape index (κ2) is 8.16. The van der Waals surface area contributed by atoms with Crippen LogP contribution in [0.15, 0.2) is 41.2 Å². The van der Waals surface area contributed by atoms with E-state index < -0.39 is 29.1 Å². The van der Waals surface area contributed by atoms with Gasteiger partial charge in [0.1, 0.15) is 17.2 Å². The number of hydrogen-bond acceptors (Lipinski definition) is 4. The Morgan fingerprint density at radius 2 is 2.03 bits per heavy atom. The Hall–Kier alpha value is -3.44. The van der Waals surface area contributed by atoms with Crippen LogP contribution in [0.5, 0.6) is 0 Å². The second-order valence-electron chi connectivity index (χ2n) is 9.13. The third-order valence-electron chi connectivity index (χ3n) is 5.72. The minimum Gasteiger partial charge on any atom is -0.465 e. The Morgan fingerprint density at radius 3 is 2.61 bits per heavy atom. The van der Waals surface area contributed by atoms with Crippen LogP contribution >= 0.6 is 11.6 Å². The van der Waals surface area contributed by atoms with Gasteiger partial charge in [-0.2, -0.15) is 5.26 Å². The van der Waals surface area contributed by atoms with Gasteiger partial charge in [-0.1, -0.05) is 17.7 Å². The molecule has 0 spiro atoms. The molecule has 170 valence electrons.